The van der Waals surface area contributed by atoms with Crippen LogP contribution in [0.5, 0.6) is 0 Å². The first-order valence-electron chi connectivity index (χ1n) is 5.97. The van der Waals surface area contributed by atoms with Gasteiger partial charge in [-0.3, -0.25) is 0 Å². The van der Waals surface area contributed by atoms with Crippen molar-refractivity contribution in [3.63, 3.8) is 0 Å². The molecule has 0 aliphatic carbocycles. The Labute approximate surface area is 220 Å². The van der Waals surface area contributed by atoms with Crippen LogP contribution in [0.25, 0.3) is 0 Å². The Balaban J connectivity index is 3.37. The van der Waals surface area contributed by atoms with Crippen molar-refractivity contribution < 1.29 is 0 Å². The van der Waals surface area contributed by atoms with Crippen molar-refractivity contribution in [1.82, 2.24) is 0 Å². The second kappa shape index (κ2) is 8.67. The normalized spacial score (nSPS) is 15.3. The molecule has 0 saturated carbocycles. The maximum Gasteiger partial charge on any atom is 0.226 e. The van der Waals surface area contributed by atoms with Gasteiger partial charge in [0.2, 0.25) is 16.3 Å². The number of rotatable bonds is 4. The number of alkyl halides is 14. The van der Waals surface area contributed by atoms with Gasteiger partial charge in [0.1, 0.15) is 0 Å². The quantitative estimate of drug-likeness (QED) is 0.286. The highest BCUT2D eigenvalue weighted by atomic mass is 35.6. The highest BCUT2D eigenvalue weighted by Crippen LogP contribution is 2.62. The third kappa shape index (κ3) is 5.02. The van der Waals surface area contributed by atoms with Gasteiger partial charge in [0, 0.05) is 0 Å². The molecule has 0 spiro atoms. The molecule has 0 aliphatic rings. The molecule has 0 atom stereocenters. The standard InChI is InChI=1S/C12H4Cl14/c13-7(14,9(17,18)11(21,22)23)5-1-2-6(4-3-5)8(15,16)10(19,20)12(24,25)26/h1-4H. The maximum absolute atomic E-state index is 6.23. The lowest BCUT2D eigenvalue weighted by molar-refractivity contribution is 0.688. The van der Waals surface area contributed by atoms with Gasteiger partial charge in [0.15, 0.2) is 8.67 Å². The zero-order valence-corrected chi connectivity index (χ0v) is 22.2. The van der Waals surface area contributed by atoms with Gasteiger partial charge < -0.3 is 0 Å². The summed E-state index contributed by atoms with van der Waals surface area (Å²) in [5.74, 6) is 0. The molecule has 0 nitrogen and oxygen atoms in total. The molecule has 0 N–H and O–H groups in total. The zero-order chi connectivity index (χ0) is 21.0. The number of hydrogen-bond donors (Lipinski definition) is 0. The van der Waals surface area contributed by atoms with Crippen LogP contribution in [-0.2, 0) is 8.67 Å². The van der Waals surface area contributed by atoms with Crippen molar-refractivity contribution in [2.75, 3.05) is 0 Å². The van der Waals surface area contributed by atoms with Gasteiger partial charge in [-0.15, -0.1) is 0 Å². The Morgan fingerprint density at radius 2 is 0.577 bits per heavy atom. The summed E-state index contributed by atoms with van der Waals surface area (Å²) < 4.78 is -13.0. The molecule has 0 amide bonds. The van der Waals surface area contributed by atoms with E-state index >= 15 is 0 Å². The lowest BCUT2D eigenvalue weighted by Gasteiger charge is -2.39. The molecule has 26 heavy (non-hydrogen) atoms. The van der Waals surface area contributed by atoms with Gasteiger partial charge in [-0.2, -0.15) is 0 Å². The second-order valence-corrected chi connectivity index (χ2v) is 14.7. The molecule has 0 fully saturated rings. The number of hydrogen-bond acceptors (Lipinski definition) is 0. The van der Waals surface area contributed by atoms with Gasteiger partial charge in [-0.25, -0.2) is 0 Å². The van der Waals surface area contributed by atoms with Crippen molar-refractivity contribution in [3.05, 3.63) is 35.4 Å². The van der Waals surface area contributed by atoms with Crippen LogP contribution < -0.4 is 0 Å². The minimum atomic E-state index is -2.23. The molecular weight excluding hydrogens is 640 g/mol. The predicted molar refractivity (Wildman–Crippen MR) is 123 cm³/mol. The summed E-state index contributed by atoms with van der Waals surface area (Å²) in [6.07, 6.45) is 0. The van der Waals surface area contributed by atoms with E-state index in [1.54, 1.807) is 0 Å². The Hall–Kier alpha value is 3.28. The van der Waals surface area contributed by atoms with E-state index in [1.165, 1.54) is 24.3 Å². The molecule has 1 rings (SSSR count). The largest absolute Gasteiger partial charge is 0.226 e. The lowest BCUT2D eigenvalue weighted by Crippen LogP contribution is -2.45. The van der Waals surface area contributed by atoms with Crippen molar-refractivity contribution in [1.29, 1.82) is 0 Å². The maximum atomic E-state index is 6.23. The summed E-state index contributed by atoms with van der Waals surface area (Å²) in [5, 5.41) is 0. The van der Waals surface area contributed by atoms with Gasteiger partial charge in [0.25, 0.3) is 0 Å². The van der Waals surface area contributed by atoms with Crippen LogP contribution in [0.3, 0.4) is 0 Å². The van der Waals surface area contributed by atoms with E-state index in [1.807, 2.05) is 0 Å². The third-order valence-electron chi connectivity index (χ3n) is 3.11. The van der Waals surface area contributed by atoms with Crippen molar-refractivity contribution in [2.45, 2.75) is 24.9 Å². The summed E-state index contributed by atoms with van der Waals surface area (Å²) in [5.41, 5.74) is 0.294. The molecule has 1 aromatic rings. The fourth-order valence-corrected chi connectivity index (χ4v) is 4.55. The highest BCUT2D eigenvalue weighted by molar-refractivity contribution is 6.79. The van der Waals surface area contributed by atoms with E-state index < -0.39 is 24.9 Å². The summed E-state index contributed by atoms with van der Waals surface area (Å²) in [6, 6.07) is 5.42. The minimum Gasteiger partial charge on any atom is -0.0930 e. The van der Waals surface area contributed by atoms with E-state index in [2.05, 4.69) is 0 Å². The Kier molecular flexibility index (Phi) is 9.10. The Morgan fingerprint density at radius 3 is 0.731 bits per heavy atom. The fraction of sp³-hybridized carbons (Fsp3) is 0.500. The third-order valence-corrected chi connectivity index (χ3v) is 11.0. The Morgan fingerprint density at radius 1 is 0.385 bits per heavy atom. The van der Waals surface area contributed by atoms with Crippen LogP contribution >= 0.6 is 162 Å². The minimum absolute atomic E-state index is 0.147. The number of halogens is 14. The van der Waals surface area contributed by atoms with Crippen molar-refractivity contribution in [3.8, 4) is 0 Å². The molecule has 0 bridgehead atoms. The van der Waals surface area contributed by atoms with E-state index in [0.29, 0.717) is 0 Å². The highest BCUT2D eigenvalue weighted by Gasteiger charge is 2.62. The van der Waals surface area contributed by atoms with Crippen molar-refractivity contribution >= 4 is 162 Å². The van der Waals surface area contributed by atoms with Crippen LogP contribution in [0.2, 0.25) is 0 Å². The summed E-state index contributed by atoms with van der Waals surface area (Å²) in [4.78, 5) is 0. The molecule has 1 aromatic carbocycles. The second-order valence-electron chi connectivity index (χ2n) is 4.87. The van der Waals surface area contributed by atoms with Crippen LogP contribution in [0.15, 0.2) is 24.3 Å². The summed E-state index contributed by atoms with van der Waals surface area (Å²) >= 11 is 83.7. The number of benzene rings is 1. The molecule has 0 aromatic heterocycles. The van der Waals surface area contributed by atoms with Crippen molar-refractivity contribution in [2.24, 2.45) is 0 Å². The monoisotopic (exact) mass is 638 g/mol. The molecule has 0 heterocycles. The molecule has 14 heteroatoms. The van der Waals surface area contributed by atoms with Crippen LogP contribution in [0.1, 0.15) is 11.1 Å². The van der Waals surface area contributed by atoms with E-state index in [9.17, 15) is 0 Å². The molecule has 150 valence electrons. The molecule has 0 radical (unpaired) electrons. The lowest BCUT2D eigenvalue weighted by atomic mass is 10.0. The van der Waals surface area contributed by atoms with E-state index in [-0.39, 0.29) is 11.1 Å². The molecule has 0 unspecified atom stereocenters. The molecular formula is C12H4Cl14. The summed E-state index contributed by atoms with van der Waals surface area (Å²) in [7, 11) is 0. The summed E-state index contributed by atoms with van der Waals surface area (Å²) in [6.45, 7) is 0. The first-order valence-corrected chi connectivity index (χ1v) is 11.3. The Bertz CT molecular complexity index is 576. The fourth-order valence-electron chi connectivity index (χ4n) is 1.61. The smallest absolute Gasteiger partial charge is 0.0930 e. The first-order chi connectivity index (χ1) is 11.2. The first kappa shape index (κ1) is 27.3. The van der Waals surface area contributed by atoms with Gasteiger partial charge in [-0.05, 0) is 11.1 Å². The molecule has 0 saturated heterocycles. The van der Waals surface area contributed by atoms with Crippen LogP contribution in [0.4, 0.5) is 0 Å². The van der Waals surface area contributed by atoms with Crippen LogP contribution in [-0.4, -0.2) is 16.3 Å². The van der Waals surface area contributed by atoms with Gasteiger partial charge in [0.05, 0.1) is 0 Å². The van der Waals surface area contributed by atoms with Gasteiger partial charge in [-0.1, -0.05) is 187 Å². The molecule has 0 aliphatic heterocycles. The van der Waals surface area contributed by atoms with Crippen LogP contribution in [0, 0.1) is 0 Å². The van der Waals surface area contributed by atoms with E-state index in [4.69, 9.17) is 162 Å². The average molecular weight is 645 g/mol. The average Bonchev–Trinajstić information content (AvgIpc) is 2.44. The topological polar surface area (TPSA) is 0 Å². The van der Waals surface area contributed by atoms with E-state index in [0.717, 1.165) is 0 Å². The van der Waals surface area contributed by atoms with Gasteiger partial charge >= 0.3 is 0 Å². The predicted octanol–water partition coefficient (Wildman–Crippen LogP) is 10.0. The zero-order valence-electron chi connectivity index (χ0n) is 11.6. The SMILES string of the molecule is ClC(Cl)(Cl)C(Cl)(Cl)C(Cl)(Cl)c1ccc(C(Cl)(Cl)C(Cl)(Cl)C(Cl)(Cl)Cl)cc1.